The third-order valence-electron chi connectivity index (χ3n) is 4.43. The summed E-state index contributed by atoms with van der Waals surface area (Å²) in [4.78, 5) is 30.1. The molecule has 0 atom stereocenters. The standard InChI is InChI=1S/C19H21ClN4O3/c1-27-18(25)13-4-6-14(7-5-13)22-19(26)23-15-8-11-24(12-9-15)17-16(20)3-2-10-21-17/h2-7,10,15H,8-9,11-12H2,1H3,(H2,22,23,26). The molecule has 0 bridgehead atoms. The molecule has 1 fully saturated rings. The van der Waals surface area contributed by atoms with Gasteiger partial charge in [-0.1, -0.05) is 11.6 Å². The number of methoxy groups -OCH3 is 1. The second-order valence-corrected chi connectivity index (χ2v) is 6.64. The van der Waals surface area contributed by atoms with Crippen molar-refractivity contribution in [3.05, 3.63) is 53.2 Å². The molecular formula is C19H21ClN4O3. The van der Waals surface area contributed by atoms with E-state index in [9.17, 15) is 9.59 Å². The first-order valence-corrected chi connectivity index (χ1v) is 9.06. The maximum absolute atomic E-state index is 12.2. The van der Waals surface area contributed by atoms with Gasteiger partial charge in [-0.25, -0.2) is 14.6 Å². The van der Waals surface area contributed by atoms with Crippen LogP contribution in [0.5, 0.6) is 0 Å². The second-order valence-electron chi connectivity index (χ2n) is 6.24. The Morgan fingerprint density at radius 2 is 1.89 bits per heavy atom. The van der Waals surface area contributed by atoms with Crippen LogP contribution in [0.1, 0.15) is 23.2 Å². The Morgan fingerprint density at radius 1 is 1.19 bits per heavy atom. The van der Waals surface area contributed by atoms with Gasteiger partial charge in [0.05, 0.1) is 17.7 Å². The van der Waals surface area contributed by atoms with Gasteiger partial charge in [-0.05, 0) is 49.2 Å². The molecule has 1 saturated heterocycles. The van der Waals surface area contributed by atoms with Crippen LogP contribution < -0.4 is 15.5 Å². The van der Waals surface area contributed by atoms with E-state index in [4.69, 9.17) is 11.6 Å². The Kier molecular flexibility index (Phi) is 6.13. The first-order valence-electron chi connectivity index (χ1n) is 8.68. The van der Waals surface area contributed by atoms with E-state index < -0.39 is 5.97 Å². The fraction of sp³-hybridized carbons (Fsp3) is 0.316. The molecule has 7 nitrogen and oxygen atoms in total. The minimum atomic E-state index is -0.411. The summed E-state index contributed by atoms with van der Waals surface area (Å²) in [6.45, 7) is 1.55. The fourth-order valence-corrected chi connectivity index (χ4v) is 3.25. The van der Waals surface area contributed by atoms with Crippen LogP contribution in [0.15, 0.2) is 42.6 Å². The van der Waals surface area contributed by atoms with Crippen molar-refractivity contribution in [3.8, 4) is 0 Å². The van der Waals surface area contributed by atoms with Crippen LogP contribution >= 0.6 is 11.6 Å². The summed E-state index contributed by atoms with van der Waals surface area (Å²) in [6, 6.07) is 9.99. The summed E-state index contributed by atoms with van der Waals surface area (Å²) in [6.07, 6.45) is 3.34. The second kappa shape index (κ2) is 8.73. The van der Waals surface area contributed by atoms with E-state index in [2.05, 4.69) is 25.3 Å². The van der Waals surface area contributed by atoms with E-state index in [0.717, 1.165) is 31.7 Å². The average Bonchev–Trinajstić information content (AvgIpc) is 2.69. The van der Waals surface area contributed by atoms with Gasteiger partial charge in [-0.3, -0.25) is 0 Å². The molecular weight excluding hydrogens is 368 g/mol. The van der Waals surface area contributed by atoms with Gasteiger partial charge < -0.3 is 20.3 Å². The van der Waals surface area contributed by atoms with E-state index in [1.165, 1.54) is 7.11 Å². The molecule has 142 valence electrons. The number of benzene rings is 1. The lowest BCUT2D eigenvalue weighted by atomic mass is 10.1. The Morgan fingerprint density at radius 3 is 2.52 bits per heavy atom. The lowest BCUT2D eigenvalue weighted by Crippen LogP contribution is -2.46. The third kappa shape index (κ3) is 4.89. The maximum atomic E-state index is 12.2. The lowest BCUT2D eigenvalue weighted by molar-refractivity contribution is 0.0600. The van der Waals surface area contributed by atoms with Gasteiger partial charge in [-0.15, -0.1) is 0 Å². The molecule has 8 heteroatoms. The highest BCUT2D eigenvalue weighted by molar-refractivity contribution is 6.32. The van der Waals surface area contributed by atoms with Gasteiger partial charge in [0.25, 0.3) is 0 Å². The van der Waals surface area contributed by atoms with Crippen molar-refractivity contribution in [3.63, 3.8) is 0 Å². The Balaban J connectivity index is 1.48. The first-order chi connectivity index (χ1) is 13.1. The summed E-state index contributed by atoms with van der Waals surface area (Å²) in [5.74, 6) is 0.374. The number of rotatable bonds is 4. The van der Waals surface area contributed by atoms with Crippen LogP contribution in [-0.2, 0) is 4.74 Å². The predicted molar refractivity (Wildman–Crippen MR) is 104 cm³/mol. The number of pyridine rings is 1. The molecule has 2 N–H and O–H groups in total. The van der Waals surface area contributed by atoms with Gasteiger partial charge in [0, 0.05) is 31.0 Å². The van der Waals surface area contributed by atoms with Crippen LogP contribution in [0, 0.1) is 0 Å². The molecule has 0 spiro atoms. The minimum absolute atomic E-state index is 0.0816. The number of halogens is 1. The SMILES string of the molecule is COC(=O)c1ccc(NC(=O)NC2CCN(c3ncccc3Cl)CC2)cc1. The van der Waals surface area contributed by atoms with Crippen molar-refractivity contribution in [2.75, 3.05) is 30.4 Å². The van der Waals surface area contributed by atoms with Crippen LogP contribution in [0.4, 0.5) is 16.3 Å². The number of carbonyl (C=O) groups excluding carboxylic acids is 2. The lowest BCUT2D eigenvalue weighted by Gasteiger charge is -2.33. The molecule has 1 aromatic carbocycles. The predicted octanol–water partition coefficient (Wildman–Crippen LogP) is 3.31. The van der Waals surface area contributed by atoms with Gasteiger partial charge in [0.1, 0.15) is 5.82 Å². The highest BCUT2D eigenvalue weighted by Crippen LogP contribution is 2.25. The number of esters is 1. The summed E-state index contributed by atoms with van der Waals surface area (Å²) >= 11 is 6.20. The average molecular weight is 389 g/mol. The van der Waals surface area contributed by atoms with Gasteiger partial charge in [0.2, 0.25) is 0 Å². The number of piperidine rings is 1. The van der Waals surface area contributed by atoms with Crippen LogP contribution in [0.2, 0.25) is 5.02 Å². The monoisotopic (exact) mass is 388 g/mol. The number of ether oxygens (including phenoxy) is 1. The number of hydrogen-bond acceptors (Lipinski definition) is 5. The van der Waals surface area contributed by atoms with Crippen LogP contribution in [0.3, 0.4) is 0 Å². The normalized spacial score (nSPS) is 14.5. The molecule has 0 saturated carbocycles. The molecule has 1 aromatic heterocycles. The number of urea groups is 1. The van der Waals surface area contributed by atoms with Crippen molar-refractivity contribution in [2.45, 2.75) is 18.9 Å². The molecule has 27 heavy (non-hydrogen) atoms. The number of anilines is 2. The number of amides is 2. The molecule has 2 amide bonds. The zero-order valence-electron chi connectivity index (χ0n) is 14.9. The smallest absolute Gasteiger partial charge is 0.337 e. The highest BCUT2D eigenvalue weighted by atomic mass is 35.5. The summed E-state index contributed by atoms with van der Waals surface area (Å²) in [7, 11) is 1.33. The zero-order valence-corrected chi connectivity index (χ0v) is 15.7. The number of nitrogens with one attached hydrogen (secondary N) is 2. The quantitative estimate of drug-likeness (QED) is 0.785. The Bertz CT molecular complexity index is 805. The van der Waals surface area contributed by atoms with Crippen LogP contribution in [-0.4, -0.2) is 43.2 Å². The summed E-state index contributed by atoms with van der Waals surface area (Å²) in [5, 5.41) is 6.39. The molecule has 3 rings (SSSR count). The van der Waals surface area contributed by atoms with Crippen molar-refractivity contribution < 1.29 is 14.3 Å². The topological polar surface area (TPSA) is 83.6 Å². The van der Waals surface area contributed by atoms with E-state index in [1.807, 2.05) is 12.1 Å². The zero-order chi connectivity index (χ0) is 19.2. The molecule has 2 aromatic rings. The number of hydrogen-bond donors (Lipinski definition) is 2. The third-order valence-corrected chi connectivity index (χ3v) is 4.73. The van der Waals surface area contributed by atoms with Crippen molar-refractivity contribution in [2.24, 2.45) is 0 Å². The molecule has 0 aliphatic carbocycles. The van der Waals surface area contributed by atoms with Crippen molar-refractivity contribution in [1.29, 1.82) is 0 Å². The van der Waals surface area contributed by atoms with E-state index in [0.29, 0.717) is 16.3 Å². The van der Waals surface area contributed by atoms with Gasteiger partial charge >= 0.3 is 12.0 Å². The van der Waals surface area contributed by atoms with Gasteiger partial charge in [0.15, 0.2) is 0 Å². The van der Waals surface area contributed by atoms with Crippen molar-refractivity contribution >= 4 is 35.1 Å². The minimum Gasteiger partial charge on any atom is -0.465 e. The number of nitrogens with zero attached hydrogens (tertiary/aromatic N) is 2. The van der Waals surface area contributed by atoms with E-state index >= 15 is 0 Å². The van der Waals surface area contributed by atoms with Gasteiger partial charge in [-0.2, -0.15) is 0 Å². The molecule has 1 aliphatic heterocycles. The van der Waals surface area contributed by atoms with E-state index in [1.54, 1.807) is 30.5 Å². The number of carbonyl (C=O) groups is 2. The first kappa shape index (κ1) is 19.0. The maximum Gasteiger partial charge on any atom is 0.337 e. The molecule has 0 radical (unpaired) electrons. The largest absolute Gasteiger partial charge is 0.465 e. The Hall–Kier alpha value is -2.80. The highest BCUT2D eigenvalue weighted by Gasteiger charge is 2.22. The molecule has 0 unspecified atom stereocenters. The summed E-state index contributed by atoms with van der Waals surface area (Å²) < 4.78 is 4.65. The molecule has 2 heterocycles. The van der Waals surface area contributed by atoms with Crippen molar-refractivity contribution in [1.82, 2.24) is 10.3 Å². The van der Waals surface area contributed by atoms with E-state index in [-0.39, 0.29) is 12.1 Å². The number of aromatic nitrogens is 1. The Labute approximate surface area is 162 Å². The summed E-state index contributed by atoms with van der Waals surface area (Å²) in [5.41, 5.74) is 1.04. The molecule has 1 aliphatic rings. The fourth-order valence-electron chi connectivity index (χ4n) is 3.01. The van der Waals surface area contributed by atoms with Crippen LogP contribution in [0.25, 0.3) is 0 Å².